The van der Waals surface area contributed by atoms with Crippen LogP contribution >= 0.6 is 11.8 Å². The van der Waals surface area contributed by atoms with Gasteiger partial charge in [-0.1, -0.05) is 19.1 Å². The van der Waals surface area contributed by atoms with Crippen molar-refractivity contribution in [3.05, 3.63) is 29.8 Å². The molecule has 0 aliphatic carbocycles. The summed E-state index contributed by atoms with van der Waals surface area (Å²) in [6.45, 7) is 6.40. The van der Waals surface area contributed by atoms with Gasteiger partial charge in [0, 0.05) is 23.5 Å². The molecule has 5 heteroatoms. The van der Waals surface area contributed by atoms with Crippen LogP contribution in [-0.2, 0) is 0 Å². The summed E-state index contributed by atoms with van der Waals surface area (Å²) in [6, 6.07) is 7.61. The first-order chi connectivity index (χ1) is 9.97. The van der Waals surface area contributed by atoms with Gasteiger partial charge in [0.05, 0.1) is 18.8 Å². The summed E-state index contributed by atoms with van der Waals surface area (Å²) < 4.78 is 0. The molecule has 0 heterocycles. The molecule has 0 aliphatic heterocycles. The van der Waals surface area contributed by atoms with Gasteiger partial charge in [-0.05, 0) is 31.7 Å². The molecule has 0 atom stereocenters. The zero-order valence-corrected chi connectivity index (χ0v) is 13.8. The third-order valence-corrected chi connectivity index (χ3v) is 4.41. The number of aliphatic hydroxyl groups excluding tert-OH is 2. The van der Waals surface area contributed by atoms with E-state index < -0.39 is 5.54 Å². The fourth-order valence-corrected chi connectivity index (χ4v) is 2.94. The van der Waals surface area contributed by atoms with Crippen molar-refractivity contribution < 1.29 is 15.0 Å². The lowest BCUT2D eigenvalue weighted by atomic mass is 9.91. The molecule has 0 unspecified atom stereocenters. The number of carbonyl (C=O) groups excluding carboxylic acids is 1. The Bertz CT molecular complexity index is 439. The first-order valence-corrected chi connectivity index (χ1v) is 8.20. The van der Waals surface area contributed by atoms with Crippen LogP contribution < -0.4 is 0 Å². The van der Waals surface area contributed by atoms with Crippen molar-refractivity contribution in [3.63, 3.8) is 0 Å². The number of hydrogen-bond acceptors (Lipinski definition) is 5. The molecule has 1 rings (SSSR count). The van der Waals surface area contributed by atoms with E-state index >= 15 is 0 Å². The van der Waals surface area contributed by atoms with Gasteiger partial charge in [-0.15, -0.1) is 11.8 Å². The van der Waals surface area contributed by atoms with Crippen LogP contribution in [0.4, 0.5) is 0 Å². The molecule has 1 aromatic rings. The molecular formula is C16H25NO3S. The molecule has 0 saturated heterocycles. The Balaban J connectivity index is 2.92. The molecule has 0 saturated carbocycles. The molecule has 21 heavy (non-hydrogen) atoms. The molecule has 0 aliphatic rings. The third-order valence-electron chi connectivity index (χ3n) is 3.51. The van der Waals surface area contributed by atoms with Crippen LogP contribution in [0.25, 0.3) is 0 Å². The minimum Gasteiger partial charge on any atom is -0.395 e. The molecule has 0 aromatic heterocycles. The van der Waals surface area contributed by atoms with Crippen LogP contribution in [0, 0.1) is 0 Å². The van der Waals surface area contributed by atoms with Crippen molar-refractivity contribution >= 4 is 17.5 Å². The monoisotopic (exact) mass is 311 g/mol. The molecular weight excluding hydrogens is 286 g/mol. The Morgan fingerprint density at radius 1 is 1.14 bits per heavy atom. The number of aliphatic hydroxyl groups is 2. The summed E-state index contributed by atoms with van der Waals surface area (Å²) in [5, 5.41) is 18.3. The average molecular weight is 311 g/mol. The van der Waals surface area contributed by atoms with Gasteiger partial charge in [-0.3, -0.25) is 9.69 Å². The number of benzene rings is 1. The first kappa shape index (κ1) is 18.2. The number of Topliss-reactive ketones (excluding diaryl/α,β-unsaturated/α-hetero) is 1. The minimum atomic E-state index is -0.759. The maximum absolute atomic E-state index is 12.7. The van der Waals surface area contributed by atoms with E-state index in [1.165, 1.54) is 0 Å². The molecule has 4 nitrogen and oxygen atoms in total. The summed E-state index contributed by atoms with van der Waals surface area (Å²) >= 11 is 1.74. The number of rotatable bonds is 9. The molecule has 2 N–H and O–H groups in total. The van der Waals surface area contributed by atoms with Gasteiger partial charge in [0.25, 0.3) is 0 Å². The fourth-order valence-electron chi connectivity index (χ4n) is 2.28. The number of carbonyl (C=O) groups is 1. The smallest absolute Gasteiger partial charge is 0.182 e. The molecule has 1 aromatic carbocycles. The van der Waals surface area contributed by atoms with Gasteiger partial charge in [-0.25, -0.2) is 0 Å². The van der Waals surface area contributed by atoms with Crippen LogP contribution in [0.5, 0.6) is 0 Å². The van der Waals surface area contributed by atoms with E-state index in [1.54, 1.807) is 11.8 Å². The van der Waals surface area contributed by atoms with Crippen molar-refractivity contribution in [2.45, 2.75) is 31.2 Å². The highest BCUT2D eigenvalue weighted by Gasteiger charge is 2.34. The second kappa shape index (κ2) is 8.54. The quantitative estimate of drug-likeness (QED) is 0.540. The van der Waals surface area contributed by atoms with Crippen LogP contribution in [0.15, 0.2) is 29.2 Å². The number of nitrogens with zero attached hydrogens (tertiary/aromatic N) is 1. The Morgan fingerprint density at radius 2 is 1.67 bits per heavy atom. The van der Waals surface area contributed by atoms with Crippen molar-refractivity contribution in [3.8, 4) is 0 Å². The summed E-state index contributed by atoms with van der Waals surface area (Å²) in [6.07, 6.45) is 0. The Labute approximate surface area is 131 Å². The SMILES string of the molecule is CCSc1ccc(C(=O)C(C)(C)N(CCO)CCO)cc1. The van der Waals surface area contributed by atoms with E-state index in [-0.39, 0.29) is 19.0 Å². The maximum Gasteiger partial charge on any atom is 0.182 e. The van der Waals surface area contributed by atoms with Crippen LogP contribution in [0.2, 0.25) is 0 Å². The van der Waals surface area contributed by atoms with Crippen LogP contribution in [-0.4, -0.2) is 58.5 Å². The Hall–Kier alpha value is -0.880. The van der Waals surface area contributed by atoms with E-state index in [0.717, 1.165) is 10.6 Å². The first-order valence-electron chi connectivity index (χ1n) is 7.21. The summed E-state index contributed by atoms with van der Waals surface area (Å²) in [5.41, 5.74) is -0.105. The largest absolute Gasteiger partial charge is 0.395 e. The highest BCUT2D eigenvalue weighted by atomic mass is 32.2. The minimum absolute atomic E-state index is 0.00236. The van der Waals surface area contributed by atoms with Crippen molar-refractivity contribution in [2.75, 3.05) is 32.1 Å². The highest BCUT2D eigenvalue weighted by Crippen LogP contribution is 2.23. The molecule has 0 fully saturated rings. The summed E-state index contributed by atoms with van der Waals surface area (Å²) in [4.78, 5) is 15.7. The van der Waals surface area contributed by atoms with Gasteiger partial charge in [0.1, 0.15) is 0 Å². The topological polar surface area (TPSA) is 60.8 Å². The standard InChI is InChI=1S/C16H25NO3S/c1-4-21-14-7-5-13(6-8-14)15(20)16(2,3)17(9-11-18)10-12-19/h5-8,18-19H,4,9-12H2,1-3H3. The van der Waals surface area contributed by atoms with Gasteiger partial charge >= 0.3 is 0 Å². The molecule has 0 bridgehead atoms. The van der Waals surface area contributed by atoms with Gasteiger partial charge in [0.15, 0.2) is 5.78 Å². The predicted molar refractivity (Wildman–Crippen MR) is 87.0 cm³/mol. The van der Waals surface area contributed by atoms with Gasteiger partial charge < -0.3 is 10.2 Å². The summed E-state index contributed by atoms with van der Waals surface area (Å²) in [7, 11) is 0. The van der Waals surface area contributed by atoms with E-state index in [2.05, 4.69) is 6.92 Å². The lowest BCUT2D eigenvalue weighted by molar-refractivity contribution is 0.0516. The number of β-amino-alcohol motifs (C(OH)–C–C–N with tert-alkyl or cyclic N) is 2. The van der Waals surface area contributed by atoms with Crippen molar-refractivity contribution in [1.82, 2.24) is 4.90 Å². The second-order valence-electron chi connectivity index (χ2n) is 5.28. The van der Waals surface area contributed by atoms with Gasteiger partial charge in [-0.2, -0.15) is 0 Å². The Kier molecular flexibility index (Phi) is 7.39. The number of ketones is 1. The number of thioether (sulfide) groups is 1. The number of hydrogen-bond donors (Lipinski definition) is 2. The normalized spacial score (nSPS) is 11.9. The molecule has 118 valence electrons. The van der Waals surface area contributed by atoms with Crippen LogP contribution in [0.3, 0.4) is 0 Å². The van der Waals surface area contributed by atoms with Crippen molar-refractivity contribution in [2.24, 2.45) is 0 Å². The highest BCUT2D eigenvalue weighted by molar-refractivity contribution is 7.99. The van der Waals surface area contributed by atoms with E-state index in [9.17, 15) is 4.79 Å². The zero-order chi connectivity index (χ0) is 15.9. The zero-order valence-electron chi connectivity index (χ0n) is 13.0. The lowest BCUT2D eigenvalue weighted by Gasteiger charge is -2.36. The van der Waals surface area contributed by atoms with E-state index in [1.807, 2.05) is 43.0 Å². The Morgan fingerprint density at radius 3 is 2.10 bits per heavy atom. The van der Waals surface area contributed by atoms with E-state index in [0.29, 0.717) is 18.7 Å². The lowest BCUT2D eigenvalue weighted by Crippen LogP contribution is -2.52. The average Bonchev–Trinajstić information content (AvgIpc) is 2.47. The molecule has 0 radical (unpaired) electrons. The third kappa shape index (κ3) is 4.81. The molecule has 0 spiro atoms. The summed E-state index contributed by atoms with van der Waals surface area (Å²) in [5.74, 6) is 0.997. The second-order valence-corrected chi connectivity index (χ2v) is 6.62. The van der Waals surface area contributed by atoms with Crippen LogP contribution in [0.1, 0.15) is 31.1 Å². The van der Waals surface area contributed by atoms with E-state index in [4.69, 9.17) is 10.2 Å². The predicted octanol–water partition coefficient (Wildman–Crippen LogP) is 2.05. The van der Waals surface area contributed by atoms with Gasteiger partial charge in [0.2, 0.25) is 0 Å². The fraction of sp³-hybridized carbons (Fsp3) is 0.562. The van der Waals surface area contributed by atoms with Crippen molar-refractivity contribution in [1.29, 1.82) is 0 Å². The molecule has 0 amide bonds. The maximum atomic E-state index is 12.7.